The Morgan fingerprint density at radius 1 is 1.21 bits per heavy atom. The van der Waals surface area contributed by atoms with Crippen LogP contribution in [0.25, 0.3) is 0 Å². The van der Waals surface area contributed by atoms with Gasteiger partial charge in [0, 0.05) is 19.1 Å². The Morgan fingerprint density at radius 3 is 2.59 bits per heavy atom. The van der Waals surface area contributed by atoms with E-state index in [0.29, 0.717) is 38.1 Å². The van der Waals surface area contributed by atoms with E-state index in [-0.39, 0.29) is 19.1 Å². The number of aryl methyl sites for hydroxylation is 1. The number of hydrogen-bond acceptors (Lipinski definition) is 7. The summed E-state index contributed by atoms with van der Waals surface area (Å²) in [5.74, 6) is -1.95. The zero-order valence-electron chi connectivity index (χ0n) is 20.1. The molecule has 0 unspecified atom stereocenters. The van der Waals surface area contributed by atoms with E-state index in [2.05, 4.69) is 10.6 Å². The minimum Gasteiger partial charge on any atom is -0.491 e. The summed E-state index contributed by atoms with van der Waals surface area (Å²) >= 11 is 0. The van der Waals surface area contributed by atoms with Gasteiger partial charge in [0.05, 0.1) is 6.04 Å². The number of amides is 1. The lowest BCUT2D eigenvalue weighted by Crippen LogP contribution is -2.53. The van der Waals surface area contributed by atoms with Gasteiger partial charge in [-0.3, -0.25) is 14.9 Å². The van der Waals surface area contributed by atoms with E-state index in [1.54, 1.807) is 25.1 Å². The molecule has 1 aromatic rings. The van der Waals surface area contributed by atoms with Crippen LogP contribution in [-0.2, 0) is 20.8 Å². The third kappa shape index (κ3) is 8.58. The van der Waals surface area contributed by atoms with Crippen molar-refractivity contribution >= 4 is 17.8 Å². The van der Waals surface area contributed by atoms with Crippen LogP contribution in [0.15, 0.2) is 24.3 Å². The number of nitrogens with zero attached hydrogens (tertiary/aromatic N) is 1. The molecule has 1 aliphatic heterocycles. The Kier molecular flexibility index (Phi) is 10.7. The molecule has 1 heterocycles. The fourth-order valence-electron chi connectivity index (χ4n) is 3.91. The van der Waals surface area contributed by atoms with Crippen LogP contribution in [0, 0.1) is 0 Å². The first-order chi connectivity index (χ1) is 16.1. The Bertz CT molecular complexity index is 833. The number of nitrogens with one attached hydrogen (secondary N) is 2. The van der Waals surface area contributed by atoms with Crippen LogP contribution in [0.4, 0.5) is 0 Å². The SMILES string of the molecule is CC(C)NC[C@H](O)COc1cccc(CC[C@H](N[C@@H](C)C(=O)N2CCC[C@H]2C(=O)O)C(=O)O)c1. The number of carbonyl (C=O) groups is 3. The Hall–Kier alpha value is -2.69. The number of carbonyl (C=O) groups excluding carboxylic acids is 1. The average molecular weight is 480 g/mol. The molecule has 0 radical (unpaired) electrons. The summed E-state index contributed by atoms with van der Waals surface area (Å²) in [5, 5.41) is 34.9. The highest BCUT2D eigenvalue weighted by Crippen LogP contribution is 2.19. The van der Waals surface area contributed by atoms with Crippen LogP contribution in [0.2, 0.25) is 0 Å². The molecule has 10 nitrogen and oxygen atoms in total. The number of ether oxygens (including phenoxy) is 1. The van der Waals surface area contributed by atoms with Gasteiger partial charge >= 0.3 is 11.9 Å². The molecule has 0 aliphatic carbocycles. The Morgan fingerprint density at radius 2 is 1.94 bits per heavy atom. The molecule has 34 heavy (non-hydrogen) atoms. The number of aliphatic hydroxyl groups is 1. The topological polar surface area (TPSA) is 148 Å². The third-order valence-corrected chi connectivity index (χ3v) is 5.76. The summed E-state index contributed by atoms with van der Waals surface area (Å²) in [6.45, 7) is 6.46. The normalized spacial score (nSPS) is 18.5. The van der Waals surface area contributed by atoms with E-state index < -0.39 is 42.1 Å². The Balaban J connectivity index is 1.89. The fourth-order valence-corrected chi connectivity index (χ4v) is 3.91. The number of carboxylic acid groups (broad SMARTS) is 2. The number of benzene rings is 1. The molecule has 1 saturated heterocycles. The van der Waals surface area contributed by atoms with Gasteiger partial charge in [0.25, 0.3) is 0 Å². The monoisotopic (exact) mass is 479 g/mol. The van der Waals surface area contributed by atoms with E-state index in [4.69, 9.17) is 4.74 Å². The predicted octanol–water partition coefficient (Wildman–Crippen LogP) is 0.864. The minimum absolute atomic E-state index is 0.135. The highest BCUT2D eigenvalue weighted by molar-refractivity contribution is 5.88. The van der Waals surface area contributed by atoms with Crippen LogP contribution in [0.3, 0.4) is 0 Å². The number of likely N-dealkylation sites (tertiary alicyclic amines) is 1. The molecule has 1 amide bonds. The maximum atomic E-state index is 12.7. The lowest BCUT2D eigenvalue weighted by atomic mass is 10.0. The van der Waals surface area contributed by atoms with Crippen LogP contribution in [-0.4, -0.2) is 88.0 Å². The molecule has 1 fully saturated rings. The van der Waals surface area contributed by atoms with Gasteiger partial charge in [-0.25, -0.2) is 4.79 Å². The highest BCUT2D eigenvalue weighted by atomic mass is 16.5. The van der Waals surface area contributed by atoms with Crippen molar-refractivity contribution < 1.29 is 34.4 Å². The van der Waals surface area contributed by atoms with E-state index in [0.717, 1.165) is 5.56 Å². The summed E-state index contributed by atoms with van der Waals surface area (Å²) in [4.78, 5) is 37.2. The molecule has 2 rings (SSSR count). The lowest BCUT2D eigenvalue weighted by molar-refractivity contribution is -0.149. The zero-order chi connectivity index (χ0) is 25.3. The first-order valence-corrected chi connectivity index (χ1v) is 11.7. The van der Waals surface area contributed by atoms with Crippen molar-refractivity contribution in [2.45, 2.75) is 76.7 Å². The molecular formula is C24H37N3O7. The summed E-state index contributed by atoms with van der Waals surface area (Å²) < 4.78 is 5.66. The van der Waals surface area contributed by atoms with Crippen LogP contribution in [0.1, 0.15) is 45.6 Å². The molecule has 4 atom stereocenters. The quantitative estimate of drug-likeness (QED) is 0.262. The van der Waals surface area contributed by atoms with Crippen LogP contribution < -0.4 is 15.4 Å². The maximum absolute atomic E-state index is 12.7. The summed E-state index contributed by atoms with van der Waals surface area (Å²) in [6, 6.07) is 4.85. The van der Waals surface area contributed by atoms with Gasteiger partial charge in [-0.2, -0.15) is 0 Å². The molecule has 1 aromatic carbocycles. The molecule has 1 aliphatic rings. The number of hydrogen-bond donors (Lipinski definition) is 5. The second kappa shape index (κ2) is 13.3. The fraction of sp³-hybridized carbons (Fsp3) is 0.625. The van der Waals surface area contributed by atoms with E-state index >= 15 is 0 Å². The molecule has 0 saturated carbocycles. The summed E-state index contributed by atoms with van der Waals surface area (Å²) in [5.41, 5.74) is 0.866. The molecule has 5 N–H and O–H groups in total. The van der Waals surface area contributed by atoms with Gasteiger partial charge in [0.1, 0.15) is 30.5 Å². The van der Waals surface area contributed by atoms with Crippen molar-refractivity contribution in [1.82, 2.24) is 15.5 Å². The van der Waals surface area contributed by atoms with Crippen molar-refractivity contribution in [3.63, 3.8) is 0 Å². The molecule has 10 heteroatoms. The molecular weight excluding hydrogens is 442 g/mol. The summed E-state index contributed by atoms with van der Waals surface area (Å²) in [7, 11) is 0. The smallest absolute Gasteiger partial charge is 0.326 e. The second-order valence-corrected chi connectivity index (χ2v) is 9.02. The number of aliphatic hydroxyl groups excluding tert-OH is 1. The van der Waals surface area contributed by atoms with Gasteiger partial charge in [0.15, 0.2) is 0 Å². The number of carboxylic acids is 2. The number of rotatable bonds is 14. The van der Waals surface area contributed by atoms with Crippen LogP contribution in [0.5, 0.6) is 5.75 Å². The van der Waals surface area contributed by atoms with Gasteiger partial charge in [-0.05, 0) is 50.3 Å². The van der Waals surface area contributed by atoms with E-state index in [1.165, 1.54) is 4.90 Å². The van der Waals surface area contributed by atoms with E-state index in [9.17, 15) is 29.7 Å². The first kappa shape index (κ1) is 27.6. The molecule has 0 bridgehead atoms. The van der Waals surface area contributed by atoms with Crippen molar-refractivity contribution in [2.24, 2.45) is 0 Å². The lowest BCUT2D eigenvalue weighted by Gasteiger charge is -2.27. The van der Waals surface area contributed by atoms with Crippen molar-refractivity contribution in [2.75, 3.05) is 19.7 Å². The molecule has 0 spiro atoms. The van der Waals surface area contributed by atoms with Crippen LogP contribution >= 0.6 is 0 Å². The average Bonchev–Trinajstić information content (AvgIpc) is 3.28. The maximum Gasteiger partial charge on any atom is 0.326 e. The number of aliphatic carboxylic acids is 2. The second-order valence-electron chi connectivity index (χ2n) is 9.02. The molecule has 0 aromatic heterocycles. The predicted molar refractivity (Wildman–Crippen MR) is 126 cm³/mol. The third-order valence-electron chi connectivity index (χ3n) is 5.76. The van der Waals surface area contributed by atoms with Gasteiger partial charge in [-0.15, -0.1) is 0 Å². The van der Waals surface area contributed by atoms with Crippen molar-refractivity contribution in [3.8, 4) is 5.75 Å². The molecule has 190 valence electrons. The largest absolute Gasteiger partial charge is 0.491 e. The summed E-state index contributed by atoms with van der Waals surface area (Å²) in [6.07, 6.45) is 1.03. The zero-order valence-corrected chi connectivity index (χ0v) is 20.1. The van der Waals surface area contributed by atoms with Gasteiger partial charge < -0.3 is 30.3 Å². The first-order valence-electron chi connectivity index (χ1n) is 11.7. The minimum atomic E-state index is -1.08. The standard InChI is InChI=1S/C24H37N3O7/c1-15(2)25-13-18(28)14-34-19-7-4-6-17(12-19)9-10-20(23(30)31)26-16(3)22(29)27-11-5-8-21(27)24(32)33/h4,6-7,12,15-16,18,20-21,25-26,28H,5,8-11,13-14H2,1-3H3,(H,30,31)(H,32,33)/t16-,18-,20-,21-/m0/s1. The Labute approximate surface area is 200 Å². The van der Waals surface area contributed by atoms with Crippen molar-refractivity contribution in [3.05, 3.63) is 29.8 Å². The van der Waals surface area contributed by atoms with Gasteiger partial charge in [0.2, 0.25) is 5.91 Å². The van der Waals surface area contributed by atoms with Gasteiger partial charge in [-0.1, -0.05) is 26.0 Å². The van der Waals surface area contributed by atoms with Crippen molar-refractivity contribution in [1.29, 1.82) is 0 Å². The highest BCUT2D eigenvalue weighted by Gasteiger charge is 2.36. The van der Waals surface area contributed by atoms with E-state index in [1.807, 2.05) is 19.9 Å².